The molecule has 9 heteroatoms. The Morgan fingerprint density at radius 1 is 1.11 bits per heavy atom. The van der Waals surface area contributed by atoms with E-state index >= 15 is 0 Å². The normalized spacial score (nSPS) is 19.0. The maximum Gasteiger partial charge on any atom is 0.140 e. The topological polar surface area (TPSA) is 98.0 Å². The molecule has 1 unspecified atom stereocenters. The molecule has 2 aliphatic heterocycles. The van der Waals surface area contributed by atoms with Crippen LogP contribution in [0.4, 0.5) is 21.6 Å². The highest BCUT2D eigenvalue weighted by Crippen LogP contribution is 2.39. The minimum absolute atomic E-state index is 0.259. The Bertz CT molecular complexity index is 1400. The van der Waals surface area contributed by atoms with E-state index in [0.29, 0.717) is 23.9 Å². The average molecular weight is 489 g/mol. The summed E-state index contributed by atoms with van der Waals surface area (Å²) in [6, 6.07) is 10.7. The summed E-state index contributed by atoms with van der Waals surface area (Å²) in [6.45, 7) is 4.20. The molecule has 1 aromatic carbocycles. The lowest BCUT2D eigenvalue weighted by Crippen LogP contribution is -2.37. The number of halogens is 1. The molecule has 1 saturated heterocycles. The number of hydrogen-bond acceptors (Lipinski definition) is 7. The van der Waals surface area contributed by atoms with Crippen molar-refractivity contribution in [2.75, 3.05) is 23.3 Å². The monoisotopic (exact) mass is 488 g/mol. The zero-order valence-corrected chi connectivity index (χ0v) is 20.0. The maximum atomic E-state index is 13.6. The lowest BCUT2D eigenvalue weighted by atomic mass is 9.92. The largest absolute Gasteiger partial charge is 0.393 e. The van der Waals surface area contributed by atoms with Gasteiger partial charge in [-0.1, -0.05) is 6.07 Å². The van der Waals surface area contributed by atoms with Crippen LogP contribution in [-0.4, -0.2) is 43.8 Å². The number of imidazole rings is 1. The molecule has 4 N–H and O–H groups in total. The van der Waals surface area contributed by atoms with Crippen molar-refractivity contribution >= 4 is 22.8 Å². The van der Waals surface area contributed by atoms with E-state index in [1.165, 1.54) is 12.1 Å². The first-order valence-corrected chi connectivity index (χ1v) is 12.3. The highest BCUT2D eigenvalue weighted by Gasteiger charge is 2.28. The van der Waals surface area contributed by atoms with Gasteiger partial charge in [0.1, 0.15) is 23.5 Å². The summed E-state index contributed by atoms with van der Waals surface area (Å²) in [5.41, 5.74) is 5.90. The predicted octanol–water partition coefficient (Wildman–Crippen LogP) is 3.97. The Balaban J connectivity index is 1.25. The second-order valence-corrected chi connectivity index (χ2v) is 9.64. The molecule has 8 nitrogen and oxygen atoms in total. The van der Waals surface area contributed by atoms with E-state index in [2.05, 4.69) is 31.6 Å². The van der Waals surface area contributed by atoms with Crippen molar-refractivity contribution in [3.63, 3.8) is 0 Å². The second-order valence-electron chi connectivity index (χ2n) is 9.64. The highest BCUT2D eigenvalue weighted by molar-refractivity contribution is 5.76. The van der Waals surface area contributed by atoms with Gasteiger partial charge in [0.25, 0.3) is 0 Å². The lowest BCUT2D eigenvalue weighted by Gasteiger charge is -2.34. The number of nitrogens with zero attached hydrogens (tertiary/aromatic N) is 4. The number of hydrogen-bond donors (Lipinski definition) is 4. The van der Waals surface area contributed by atoms with Gasteiger partial charge in [-0.05, 0) is 55.5 Å². The molecular formula is C27H29FN6O2. The number of piperidine rings is 1. The van der Waals surface area contributed by atoms with Crippen LogP contribution in [0.5, 0.6) is 0 Å². The van der Waals surface area contributed by atoms with Gasteiger partial charge in [-0.2, -0.15) is 0 Å². The van der Waals surface area contributed by atoms with Crippen LogP contribution < -0.4 is 15.5 Å². The third-order valence-corrected chi connectivity index (χ3v) is 7.45. The molecule has 186 valence electrons. The van der Waals surface area contributed by atoms with Crippen LogP contribution in [0, 0.1) is 11.7 Å². The van der Waals surface area contributed by atoms with Crippen molar-refractivity contribution in [3.8, 4) is 11.3 Å². The molecule has 0 radical (unpaired) electrons. The van der Waals surface area contributed by atoms with Crippen molar-refractivity contribution in [3.05, 3.63) is 71.9 Å². The van der Waals surface area contributed by atoms with Gasteiger partial charge < -0.3 is 20.4 Å². The zero-order chi connectivity index (χ0) is 24.8. The Hall–Kier alpha value is -3.53. The van der Waals surface area contributed by atoms with Crippen LogP contribution in [0.25, 0.3) is 16.9 Å². The smallest absolute Gasteiger partial charge is 0.140 e. The molecule has 4 aromatic rings. The van der Waals surface area contributed by atoms with Crippen molar-refractivity contribution < 1.29 is 14.6 Å². The molecule has 1 fully saturated rings. The van der Waals surface area contributed by atoms with Crippen LogP contribution in [0.1, 0.15) is 37.1 Å². The summed E-state index contributed by atoms with van der Waals surface area (Å²) >= 11 is 0. The number of benzene rings is 1. The SMILES string of the molecule is C[C@H](O)C1CCN(c2ccc(Nc3ccc(-c4cnc5cc(F)ccn45)c4c3C(O)NC4)nc2)CC1. The molecule has 0 spiro atoms. The predicted molar refractivity (Wildman–Crippen MR) is 137 cm³/mol. The van der Waals surface area contributed by atoms with E-state index in [4.69, 9.17) is 0 Å². The van der Waals surface area contributed by atoms with Crippen molar-refractivity contribution in [1.29, 1.82) is 0 Å². The quantitative estimate of drug-likeness (QED) is 0.337. The Morgan fingerprint density at radius 3 is 2.69 bits per heavy atom. The molecule has 5 heterocycles. The van der Waals surface area contributed by atoms with Crippen molar-refractivity contribution in [2.24, 2.45) is 5.92 Å². The molecule has 2 aliphatic rings. The molecule has 0 aliphatic carbocycles. The van der Waals surface area contributed by atoms with Crippen LogP contribution in [0.2, 0.25) is 0 Å². The van der Waals surface area contributed by atoms with Gasteiger partial charge in [-0.15, -0.1) is 0 Å². The summed E-state index contributed by atoms with van der Waals surface area (Å²) in [6.07, 6.45) is 6.14. The van der Waals surface area contributed by atoms with E-state index in [9.17, 15) is 14.6 Å². The van der Waals surface area contributed by atoms with Gasteiger partial charge in [0, 0.05) is 48.7 Å². The first kappa shape index (κ1) is 22.9. The van der Waals surface area contributed by atoms with Crippen LogP contribution >= 0.6 is 0 Å². The molecule has 0 saturated carbocycles. The fourth-order valence-electron chi connectivity index (χ4n) is 5.40. The molecule has 0 amide bonds. The standard InChI is InChI=1S/C27H29FN6O2/c1-16(35)17-6-9-33(10-7-17)19-2-5-24(29-13-19)32-22-4-3-20(21-14-31-27(36)26(21)22)23-15-30-25-12-18(28)8-11-34(23)25/h2-5,8,11-13,15-17,27,31,35-36H,6-7,9-10,14H2,1H3,(H,29,32)/t16-,27?/m0/s1. The number of rotatable bonds is 5. The van der Waals surface area contributed by atoms with Gasteiger partial charge in [-0.3, -0.25) is 9.72 Å². The van der Waals surface area contributed by atoms with E-state index < -0.39 is 6.23 Å². The van der Waals surface area contributed by atoms with E-state index in [1.54, 1.807) is 12.4 Å². The summed E-state index contributed by atoms with van der Waals surface area (Å²) in [5.74, 6) is 0.725. The Kier molecular flexibility index (Phi) is 5.83. The lowest BCUT2D eigenvalue weighted by molar-refractivity contribution is 0.110. The number of fused-ring (bicyclic) bond motifs is 2. The van der Waals surface area contributed by atoms with E-state index in [-0.39, 0.29) is 11.9 Å². The molecule has 0 bridgehead atoms. The molecule has 3 aromatic heterocycles. The number of aliphatic hydroxyl groups excluding tert-OH is 2. The summed E-state index contributed by atoms with van der Waals surface area (Å²) in [5, 5.41) is 27.0. The Labute approximate surface area is 208 Å². The second kappa shape index (κ2) is 9.16. The van der Waals surface area contributed by atoms with Crippen molar-refractivity contribution in [1.82, 2.24) is 19.7 Å². The summed E-state index contributed by atoms with van der Waals surface area (Å²) < 4.78 is 15.5. The fourth-order valence-corrected chi connectivity index (χ4v) is 5.40. The molecule has 2 atom stereocenters. The minimum Gasteiger partial charge on any atom is -0.393 e. The molecule has 6 rings (SSSR count). The third-order valence-electron chi connectivity index (χ3n) is 7.45. The van der Waals surface area contributed by atoms with Gasteiger partial charge in [0.05, 0.1) is 29.9 Å². The zero-order valence-electron chi connectivity index (χ0n) is 20.0. The van der Waals surface area contributed by atoms with Crippen LogP contribution in [0.3, 0.4) is 0 Å². The van der Waals surface area contributed by atoms with Gasteiger partial charge in [-0.25, -0.2) is 14.4 Å². The molecule has 36 heavy (non-hydrogen) atoms. The van der Waals surface area contributed by atoms with Gasteiger partial charge in [0.2, 0.25) is 0 Å². The minimum atomic E-state index is -0.812. The Morgan fingerprint density at radius 2 is 1.94 bits per heavy atom. The number of aromatic nitrogens is 3. The number of nitrogens with one attached hydrogen (secondary N) is 2. The number of aliphatic hydroxyl groups is 2. The van der Waals surface area contributed by atoms with Crippen molar-refractivity contribution in [2.45, 2.75) is 38.6 Å². The highest BCUT2D eigenvalue weighted by atomic mass is 19.1. The van der Waals surface area contributed by atoms with E-state index in [1.807, 2.05) is 35.7 Å². The van der Waals surface area contributed by atoms with Gasteiger partial charge in [0.15, 0.2) is 0 Å². The number of pyridine rings is 2. The van der Waals surface area contributed by atoms with Gasteiger partial charge >= 0.3 is 0 Å². The summed E-state index contributed by atoms with van der Waals surface area (Å²) in [4.78, 5) is 11.3. The maximum absolute atomic E-state index is 13.6. The van der Waals surface area contributed by atoms with Crippen LogP contribution in [0.15, 0.2) is 55.0 Å². The first-order chi connectivity index (χ1) is 17.5. The average Bonchev–Trinajstić information content (AvgIpc) is 3.48. The number of anilines is 3. The first-order valence-electron chi connectivity index (χ1n) is 12.3. The van der Waals surface area contributed by atoms with E-state index in [0.717, 1.165) is 59.7 Å². The fraction of sp³-hybridized carbons (Fsp3) is 0.333. The van der Waals surface area contributed by atoms with Crippen LogP contribution in [-0.2, 0) is 6.54 Å². The summed E-state index contributed by atoms with van der Waals surface area (Å²) in [7, 11) is 0. The molecular weight excluding hydrogens is 459 g/mol. The third kappa shape index (κ3) is 4.09.